The largest absolute Gasteiger partial charge is 0.240 e. The Balaban J connectivity index is 3.18. The quantitative estimate of drug-likeness (QED) is 0.929. The maximum absolute atomic E-state index is 13.3. The number of sulfonamides is 1. The van der Waals surface area contributed by atoms with E-state index < -0.39 is 15.8 Å². The Morgan fingerprint density at radius 2 is 2.06 bits per heavy atom. The third-order valence-corrected chi connectivity index (χ3v) is 4.26. The second kappa shape index (κ2) is 5.25. The van der Waals surface area contributed by atoms with Gasteiger partial charge in [-0.3, -0.25) is 0 Å². The van der Waals surface area contributed by atoms with E-state index in [0.717, 1.165) is 6.07 Å². The lowest BCUT2D eigenvalue weighted by molar-refractivity contribution is 0.575. The number of aryl methyl sites for hydroxylation is 1. The monoisotopic (exact) mass is 309 g/mol. The van der Waals surface area contributed by atoms with Crippen LogP contribution in [0.3, 0.4) is 0 Å². The molecule has 90 valence electrons. The summed E-state index contributed by atoms with van der Waals surface area (Å²) in [5.74, 6) is -0.581. The van der Waals surface area contributed by atoms with E-state index in [4.69, 9.17) is 0 Å². The van der Waals surface area contributed by atoms with E-state index in [1.54, 1.807) is 6.92 Å². The summed E-state index contributed by atoms with van der Waals surface area (Å²) in [7, 11) is -3.60. The van der Waals surface area contributed by atoms with Crippen LogP contribution >= 0.6 is 15.9 Å². The van der Waals surface area contributed by atoms with E-state index in [1.165, 1.54) is 6.07 Å². The maximum atomic E-state index is 13.3. The minimum Gasteiger partial charge on any atom is -0.211 e. The molecule has 0 aliphatic heterocycles. The Hall–Kier alpha value is -0.460. The van der Waals surface area contributed by atoms with Gasteiger partial charge >= 0.3 is 0 Å². The second-order valence-corrected chi connectivity index (χ2v) is 6.02. The first-order valence-electron chi connectivity index (χ1n) is 4.83. The zero-order valence-electron chi connectivity index (χ0n) is 9.05. The van der Waals surface area contributed by atoms with Crippen molar-refractivity contribution in [3.05, 3.63) is 28.0 Å². The molecule has 16 heavy (non-hydrogen) atoms. The molecule has 1 aromatic carbocycles. The van der Waals surface area contributed by atoms with Crippen LogP contribution in [0.25, 0.3) is 0 Å². The van der Waals surface area contributed by atoms with E-state index in [-0.39, 0.29) is 9.37 Å². The number of benzene rings is 1. The minimum absolute atomic E-state index is 0.0124. The molecule has 0 fully saturated rings. The summed E-state index contributed by atoms with van der Waals surface area (Å²) in [6, 6.07) is 2.48. The average molecular weight is 310 g/mol. The van der Waals surface area contributed by atoms with Gasteiger partial charge in [-0.15, -0.1) is 0 Å². The van der Waals surface area contributed by atoms with Crippen molar-refractivity contribution in [2.24, 2.45) is 0 Å². The molecule has 0 heterocycles. The topological polar surface area (TPSA) is 46.2 Å². The molecule has 6 heteroatoms. The predicted octanol–water partition coefficient (Wildman–Crippen LogP) is 2.58. The number of nitrogens with one attached hydrogen (secondary N) is 1. The lowest BCUT2D eigenvalue weighted by Gasteiger charge is -2.09. The minimum atomic E-state index is -3.60. The van der Waals surface area contributed by atoms with Crippen LogP contribution in [-0.4, -0.2) is 15.0 Å². The van der Waals surface area contributed by atoms with Gasteiger partial charge in [0.05, 0.1) is 9.37 Å². The molecule has 0 bridgehead atoms. The standard InChI is InChI=1S/C10H13BrFNO2S/c1-3-4-13-16(14,15)10-6-9(12)8(11)5-7(10)2/h5-6,13H,3-4H2,1-2H3. The van der Waals surface area contributed by atoms with Gasteiger partial charge in [-0.2, -0.15) is 0 Å². The van der Waals surface area contributed by atoms with Crippen LogP contribution < -0.4 is 4.72 Å². The second-order valence-electron chi connectivity index (χ2n) is 3.43. The van der Waals surface area contributed by atoms with Gasteiger partial charge in [0, 0.05) is 6.54 Å². The Bertz CT molecular complexity index is 488. The highest BCUT2D eigenvalue weighted by molar-refractivity contribution is 9.10. The number of hydrogen-bond donors (Lipinski definition) is 1. The third-order valence-electron chi connectivity index (χ3n) is 2.05. The summed E-state index contributed by atoms with van der Waals surface area (Å²) in [6.45, 7) is 3.84. The molecular weight excluding hydrogens is 297 g/mol. The van der Waals surface area contributed by atoms with Crippen LogP contribution in [0.2, 0.25) is 0 Å². The average Bonchev–Trinajstić information content (AvgIpc) is 2.20. The van der Waals surface area contributed by atoms with Crippen LogP contribution in [0, 0.1) is 12.7 Å². The highest BCUT2D eigenvalue weighted by Crippen LogP contribution is 2.23. The zero-order chi connectivity index (χ0) is 12.3. The Morgan fingerprint density at radius 3 is 2.62 bits per heavy atom. The van der Waals surface area contributed by atoms with Gasteiger partial charge < -0.3 is 0 Å². The van der Waals surface area contributed by atoms with E-state index in [9.17, 15) is 12.8 Å². The molecule has 0 spiro atoms. The lowest BCUT2D eigenvalue weighted by Crippen LogP contribution is -2.25. The van der Waals surface area contributed by atoms with Crippen molar-refractivity contribution in [3.8, 4) is 0 Å². The van der Waals surface area contributed by atoms with E-state index >= 15 is 0 Å². The van der Waals surface area contributed by atoms with Crippen LogP contribution in [0.5, 0.6) is 0 Å². The van der Waals surface area contributed by atoms with Crippen molar-refractivity contribution >= 4 is 26.0 Å². The van der Waals surface area contributed by atoms with Crippen LogP contribution in [0.15, 0.2) is 21.5 Å². The molecule has 0 aromatic heterocycles. The first-order valence-corrected chi connectivity index (χ1v) is 7.11. The zero-order valence-corrected chi connectivity index (χ0v) is 11.5. The van der Waals surface area contributed by atoms with Crippen molar-refractivity contribution in [2.45, 2.75) is 25.2 Å². The Labute approximate surface area is 103 Å². The molecule has 1 rings (SSSR count). The van der Waals surface area contributed by atoms with E-state index in [0.29, 0.717) is 18.5 Å². The molecule has 3 nitrogen and oxygen atoms in total. The normalized spacial score (nSPS) is 11.8. The summed E-state index contributed by atoms with van der Waals surface area (Å²) >= 11 is 3.01. The fourth-order valence-corrected chi connectivity index (χ4v) is 3.06. The molecule has 1 N–H and O–H groups in total. The molecule has 0 saturated heterocycles. The van der Waals surface area contributed by atoms with Crippen molar-refractivity contribution in [1.29, 1.82) is 0 Å². The number of rotatable bonds is 4. The predicted molar refractivity (Wildman–Crippen MR) is 64.3 cm³/mol. The van der Waals surface area contributed by atoms with Gasteiger partial charge in [0.15, 0.2) is 0 Å². The molecule has 0 radical (unpaired) electrons. The summed E-state index contributed by atoms with van der Waals surface area (Å²) < 4.78 is 39.5. The number of hydrogen-bond acceptors (Lipinski definition) is 2. The van der Waals surface area contributed by atoms with Crippen molar-refractivity contribution in [3.63, 3.8) is 0 Å². The Morgan fingerprint density at radius 1 is 1.44 bits per heavy atom. The summed E-state index contributed by atoms with van der Waals surface area (Å²) in [5, 5.41) is 0. The van der Waals surface area contributed by atoms with Crippen molar-refractivity contribution in [1.82, 2.24) is 4.72 Å². The van der Waals surface area contributed by atoms with Gasteiger partial charge in [0.1, 0.15) is 5.82 Å². The fraction of sp³-hybridized carbons (Fsp3) is 0.400. The highest BCUT2D eigenvalue weighted by atomic mass is 79.9. The SMILES string of the molecule is CCCNS(=O)(=O)c1cc(F)c(Br)cc1C. The molecule has 1 aromatic rings. The highest BCUT2D eigenvalue weighted by Gasteiger charge is 2.18. The van der Waals surface area contributed by atoms with E-state index in [2.05, 4.69) is 20.7 Å². The number of halogens is 2. The van der Waals surface area contributed by atoms with Crippen LogP contribution in [0.4, 0.5) is 4.39 Å². The van der Waals surface area contributed by atoms with Crippen molar-refractivity contribution in [2.75, 3.05) is 6.54 Å². The van der Waals surface area contributed by atoms with Gasteiger partial charge in [0.25, 0.3) is 0 Å². The summed E-state index contributed by atoms with van der Waals surface area (Å²) in [6.07, 6.45) is 0.692. The van der Waals surface area contributed by atoms with Gasteiger partial charge in [-0.05, 0) is 47.0 Å². The lowest BCUT2D eigenvalue weighted by atomic mass is 10.2. The maximum Gasteiger partial charge on any atom is 0.240 e. The summed E-state index contributed by atoms with van der Waals surface area (Å²) in [4.78, 5) is -0.0124. The van der Waals surface area contributed by atoms with Crippen LogP contribution in [-0.2, 0) is 10.0 Å². The molecule has 0 saturated carbocycles. The molecule has 0 aliphatic carbocycles. The van der Waals surface area contributed by atoms with Crippen molar-refractivity contribution < 1.29 is 12.8 Å². The van der Waals surface area contributed by atoms with E-state index in [1.807, 2.05) is 6.92 Å². The third kappa shape index (κ3) is 3.02. The molecule has 0 aliphatic rings. The first kappa shape index (κ1) is 13.6. The van der Waals surface area contributed by atoms with Gasteiger partial charge in [-0.1, -0.05) is 6.92 Å². The molecule has 0 atom stereocenters. The molecule has 0 unspecified atom stereocenters. The van der Waals surface area contributed by atoms with Crippen LogP contribution in [0.1, 0.15) is 18.9 Å². The van der Waals surface area contributed by atoms with Gasteiger partial charge in [0.2, 0.25) is 10.0 Å². The first-order chi connectivity index (χ1) is 7.38. The van der Waals surface area contributed by atoms with Gasteiger partial charge in [-0.25, -0.2) is 17.5 Å². The Kier molecular flexibility index (Phi) is 4.46. The summed E-state index contributed by atoms with van der Waals surface area (Å²) in [5.41, 5.74) is 0.511. The molecular formula is C10H13BrFNO2S. The molecule has 0 amide bonds. The smallest absolute Gasteiger partial charge is 0.211 e. The fourth-order valence-electron chi connectivity index (χ4n) is 1.23.